The first-order valence-corrected chi connectivity index (χ1v) is 8.03. The van der Waals surface area contributed by atoms with Crippen LogP contribution in [-0.2, 0) is 11.3 Å². The third-order valence-corrected chi connectivity index (χ3v) is 4.39. The predicted octanol–water partition coefficient (Wildman–Crippen LogP) is 2.91. The third kappa shape index (κ3) is 3.28. The summed E-state index contributed by atoms with van der Waals surface area (Å²) in [6.07, 6.45) is -0.372. The first-order valence-electron chi connectivity index (χ1n) is 8.03. The summed E-state index contributed by atoms with van der Waals surface area (Å²) < 4.78 is 20.2. The molecule has 1 unspecified atom stereocenters. The van der Waals surface area contributed by atoms with Gasteiger partial charge >= 0.3 is 5.97 Å². The van der Waals surface area contributed by atoms with Gasteiger partial charge in [-0.1, -0.05) is 12.1 Å². The zero-order valence-electron chi connectivity index (χ0n) is 14.0. The number of aromatic nitrogens is 1. The summed E-state index contributed by atoms with van der Waals surface area (Å²) in [5.74, 6) is -1.81. The molecule has 2 aromatic rings. The van der Waals surface area contributed by atoms with E-state index in [2.05, 4.69) is 5.32 Å². The number of ether oxygens (including phenoxy) is 1. The van der Waals surface area contributed by atoms with Crippen molar-refractivity contribution < 1.29 is 23.8 Å². The van der Waals surface area contributed by atoms with Crippen molar-refractivity contribution in [3.8, 4) is 0 Å². The number of carboxylic acid groups (broad SMARTS) is 1. The third-order valence-electron chi connectivity index (χ3n) is 4.39. The standard InChI is InChI=1S/C18H19FN2O4/c1-10(12-3-5-13(19)6-4-12)20-17(22)14-9-15(18(23)24)21-7-8-25-11(2)16(14)21/h3-6,9-11H,7-8H2,1-2H3,(H,20,22)(H,23,24)/t10-,11?/m1/s1. The number of carboxylic acids is 1. The lowest BCUT2D eigenvalue weighted by molar-refractivity contribution is 0.0300. The van der Waals surface area contributed by atoms with E-state index in [-0.39, 0.29) is 29.6 Å². The molecular formula is C18H19FN2O4. The highest BCUT2D eigenvalue weighted by Crippen LogP contribution is 2.29. The van der Waals surface area contributed by atoms with Crippen LogP contribution in [0.25, 0.3) is 0 Å². The Morgan fingerprint density at radius 3 is 2.68 bits per heavy atom. The van der Waals surface area contributed by atoms with Gasteiger partial charge in [0.2, 0.25) is 0 Å². The Morgan fingerprint density at radius 2 is 2.04 bits per heavy atom. The molecule has 1 aliphatic heterocycles. The molecule has 0 spiro atoms. The molecule has 0 saturated carbocycles. The summed E-state index contributed by atoms with van der Waals surface area (Å²) in [7, 11) is 0. The molecule has 0 aliphatic carbocycles. The number of hydrogen-bond acceptors (Lipinski definition) is 3. The number of carbonyl (C=O) groups is 2. The fraction of sp³-hybridized carbons (Fsp3) is 0.333. The molecule has 2 heterocycles. The van der Waals surface area contributed by atoms with Crippen LogP contribution in [0.1, 0.15) is 58.1 Å². The molecule has 0 fully saturated rings. The molecule has 3 rings (SSSR count). The molecule has 25 heavy (non-hydrogen) atoms. The van der Waals surface area contributed by atoms with Gasteiger partial charge < -0.3 is 19.7 Å². The average Bonchev–Trinajstić information content (AvgIpc) is 2.96. The molecule has 7 heteroatoms. The van der Waals surface area contributed by atoms with E-state index in [0.29, 0.717) is 24.4 Å². The maximum Gasteiger partial charge on any atom is 0.352 e. The van der Waals surface area contributed by atoms with Crippen LogP contribution in [0.3, 0.4) is 0 Å². The number of aromatic carboxylic acids is 1. The molecule has 132 valence electrons. The van der Waals surface area contributed by atoms with Gasteiger partial charge in [0.25, 0.3) is 5.91 Å². The summed E-state index contributed by atoms with van der Waals surface area (Å²) in [6.45, 7) is 4.36. The zero-order valence-corrected chi connectivity index (χ0v) is 14.0. The van der Waals surface area contributed by atoms with Gasteiger partial charge in [-0.3, -0.25) is 4.79 Å². The molecule has 6 nitrogen and oxygen atoms in total. The van der Waals surface area contributed by atoms with Crippen LogP contribution in [0.5, 0.6) is 0 Å². The number of amides is 1. The Labute approximate surface area is 144 Å². The minimum absolute atomic E-state index is 0.0738. The highest BCUT2D eigenvalue weighted by Gasteiger charge is 2.30. The lowest BCUT2D eigenvalue weighted by Gasteiger charge is -2.24. The number of hydrogen-bond donors (Lipinski definition) is 2. The van der Waals surface area contributed by atoms with Crippen molar-refractivity contribution in [1.29, 1.82) is 0 Å². The van der Waals surface area contributed by atoms with Crippen LogP contribution in [0, 0.1) is 5.82 Å². The van der Waals surface area contributed by atoms with Gasteiger partial charge in [-0.25, -0.2) is 9.18 Å². The van der Waals surface area contributed by atoms with E-state index < -0.39 is 5.97 Å². The van der Waals surface area contributed by atoms with E-state index >= 15 is 0 Å². The number of fused-ring (bicyclic) bond motifs is 1. The number of nitrogens with one attached hydrogen (secondary N) is 1. The highest BCUT2D eigenvalue weighted by molar-refractivity contribution is 5.99. The first-order chi connectivity index (χ1) is 11.9. The SMILES string of the molecule is CC1OCCn2c(C(=O)O)cc(C(=O)N[C@H](C)c3ccc(F)cc3)c21. The average molecular weight is 346 g/mol. The van der Waals surface area contributed by atoms with Crippen molar-refractivity contribution in [3.05, 3.63) is 58.7 Å². The molecule has 1 aromatic carbocycles. The van der Waals surface area contributed by atoms with Gasteiger partial charge in [0.15, 0.2) is 0 Å². The molecule has 0 bridgehead atoms. The van der Waals surface area contributed by atoms with Crippen LogP contribution in [0.4, 0.5) is 4.39 Å². The minimum atomic E-state index is -1.08. The number of carbonyl (C=O) groups excluding carboxylic acids is 1. The van der Waals surface area contributed by atoms with Crippen LogP contribution in [0.15, 0.2) is 30.3 Å². The molecule has 0 saturated heterocycles. The van der Waals surface area contributed by atoms with Crippen molar-refractivity contribution in [2.75, 3.05) is 6.61 Å². The monoisotopic (exact) mass is 346 g/mol. The Morgan fingerprint density at radius 1 is 1.36 bits per heavy atom. The maximum absolute atomic E-state index is 13.0. The topological polar surface area (TPSA) is 80.6 Å². The van der Waals surface area contributed by atoms with Crippen molar-refractivity contribution >= 4 is 11.9 Å². The van der Waals surface area contributed by atoms with Crippen LogP contribution in [-0.4, -0.2) is 28.2 Å². The Kier molecular flexibility index (Phi) is 4.59. The summed E-state index contributed by atoms with van der Waals surface area (Å²) in [5, 5.41) is 12.2. The van der Waals surface area contributed by atoms with E-state index in [0.717, 1.165) is 5.56 Å². The number of rotatable bonds is 4. The Bertz CT molecular complexity index is 813. The molecule has 0 radical (unpaired) electrons. The van der Waals surface area contributed by atoms with Gasteiger partial charge in [-0.05, 0) is 37.6 Å². The molecule has 1 amide bonds. The summed E-state index contributed by atoms with van der Waals surface area (Å²) in [6, 6.07) is 6.90. The van der Waals surface area contributed by atoms with E-state index in [1.54, 1.807) is 30.5 Å². The summed E-state index contributed by atoms with van der Waals surface area (Å²) >= 11 is 0. The van der Waals surface area contributed by atoms with Crippen molar-refractivity contribution in [2.24, 2.45) is 0 Å². The van der Waals surface area contributed by atoms with Crippen molar-refractivity contribution in [2.45, 2.75) is 32.5 Å². The molecule has 1 aromatic heterocycles. The normalized spacial score (nSPS) is 17.6. The Balaban J connectivity index is 1.89. The van der Waals surface area contributed by atoms with Crippen molar-refractivity contribution in [3.63, 3.8) is 0 Å². The van der Waals surface area contributed by atoms with Gasteiger partial charge in [0.1, 0.15) is 11.5 Å². The van der Waals surface area contributed by atoms with Gasteiger partial charge in [0.05, 0.1) is 30.0 Å². The fourth-order valence-electron chi connectivity index (χ4n) is 3.11. The van der Waals surface area contributed by atoms with E-state index in [1.165, 1.54) is 18.2 Å². The lowest BCUT2D eigenvalue weighted by Crippen LogP contribution is -2.29. The second-order valence-electron chi connectivity index (χ2n) is 6.05. The second-order valence-corrected chi connectivity index (χ2v) is 6.05. The Hall–Kier alpha value is -2.67. The van der Waals surface area contributed by atoms with Crippen LogP contribution >= 0.6 is 0 Å². The van der Waals surface area contributed by atoms with Gasteiger partial charge in [0, 0.05) is 6.54 Å². The van der Waals surface area contributed by atoms with Crippen LogP contribution < -0.4 is 5.32 Å². The predicted molar refractivity (Wildman–Crippen MR) is 88.0 cm³/mol. The summed E-state index contributed by atoms with van der Waals surface area (Å²) in [4.78, 5) is 24.2. The molecular weight excluding hydrogens is 327 g/mol. The van der Waals surface area contributed by atoms with E-state index in [1.807, 2.05) is 0 Å². The van der Waals surface area contributed by atoms with Gasteiger partial charge in [-0.15, -0.1) is 0 Å². The number of benzene rings is 1. The number of nitrogens with zero attached hydrogens (tertiary/aromatic N) is 1. The van der Waals surface area contributed by atoms with E-state index in [4.69, 9.17) is 4.74 Å². The number of halogens is 1. The maximum atomic E-state index is 13.0. The quantitative estimate of drug-likeness (QED) is 0.892. The molecule has 2 N–H and O–H groups in total. The largest absolute Gasteiger partial charge is 0.477 e. The minimum Gasteiger partial charge on any atom is -0.477 e. The van der Waals surface area contributed by atoms with Crippen molar-refractivity contribution in [1.82, 2.24) is 9.88 Å². The van der Waals surface area contributed by atoms with E-state index in [9.17, 15) is 19.1 Å². The highest BCUT2D eigenvalue weighted by atomic mass is 19.1. The van der Waals surface area contributed by atoms with Crippen LogP contribution in [0.2, 0.25) is 0 Å². The second kappa shape index (κ2) is 6.68. The molecule has 1 aliphatic rings. The molecule has 2 atom stereocenters. The smallest absolute Gasteiger partial charge is 0.352 e. The zero-order chi connectivity index (χ0) is 18.1. The lowest BCUT2D eigenvalue weighted by atomic mass is 10.1. The van der Waals surface area contributed by atoms with Gasteiger partial charge in [-0.2, -0.15) is 0 Å². The summed E-state index contributed by atoms with van der Waals surface area (Å²) in [5.41, 5.74) is 1.68. The fourth-order valence-corrected chi connectivity index (χ4v) is 3.11. The first kappa shape index (κ1) is 17.2.